The van der Waals surface area contributed by atoms with E-state index in [0.29, 0.717) is 39.8 Å². The number of pyridine rings is 1. The number of nitrogens with one attached hydrogen (secondary N) is 2. The summed E-state index contributed by atoms with van der Waals surface area (Å²) in [4.78, 5) is 26.6. The SMILES string of the molecule is CCC(Sc1nc(-c2ccccc2)cc(-c2ccccc2)c1C#N)C(=O)Nc1ccc(S(=O)(=O)Nc2nc(C)cc(C)n2)cc1. The Morgan fingerprint density at radius 2 is 1.47 bits per heavy atom. The highest BCUT2D eigenvalue weighted by atomic mass is 32.2. The summed E-state index contributed by atoms with van der Waals surface area (Å²) in [5.74, 6) is -0.304. The largest absolute Gasteiger partial charge is 0.325 e. The second-order valence-electron chi connectivity index (χ2n) is 10.2. The van der Waals surface area contributed by atoms with Gasteiger partial charge >= 0.3 is 0 Å². The lowest BCUT2D eigenvalue weighted by Crippen LogP contribution is -2.25. The van der Waals surface area contributed by atoms with E-state index in [-0.39, 0.29) is 16.8 Å². The van der Waals surface area contributed by atoms with Gasteiger partial charge in [-0.25, -0.2) is 28.1 Å². The molecule has 2 aromatic heterocycles. The van der Waals surface area contributed by atoms with Crippen molar-refractivity contribution in [1.82, 2.24) is 15.0 Å². The predicted octanol–water partition coefficient (Wildman–Crippen LogP) is 7.00. The number of carbonyl (C=O) groups excluding carboxylic acids is 1. The Morgan fingerprint density at radius 3 is 2.04 bits per heavy atom. The van der Waals surface area contributed by atoms with Crippen LogP contribution in [0.1, 0.15) is 30.3 Å². The number of rotatable bonds is 10. The molecule has 0 fully saturated rings. The summed E-state index contributed by atoms with van der Waals surface area (Å²) >= 11 is 1.23. The molecule has 0 bridgehead atoms. The molecule has 0 aliphatic carbocycles. The number of nitrogens with zero attached hydrogens (tertiary/aromatic N) is 4. The molecule has 0 radical (unpaired) electrons. The Morgan fingerprint density at radius 1 is 0.867 bits per heavy atom. The average Bonchev–Trinajstić information content (AvgIpc) is 3.03. The molecule has 2 N–H and O–H groups in total. The number of hydrogen-bond acceptors (Lipinski definition) is 8. The van der Waals surface area contributed by atoms with Crippen molar-refractivity contribution in [2.24, 2.45) is 0 Å². The van der Waals surface area contributed by atoms with Gasteiger partial charge in [-0.05, 0) is 62.2 Å². The summed E-state index contributed by atoms with van der Waals surface area (Å²) in [5.41, 5.74) is 5.31. The van der Waals surface area contributed by atoms with Crippen LogP contribution in [0.2, 0.25) is 0 Å². The highest BCUT2D eigenvalue weighted by Crippen LogP contribution is 2.36. The fraction of sp³-hybridized carbons (Fsp3) is 0.147. The molecule has 0 aliphatic heterocycles. The minimum Gasteiger partial charge on any atom is -0.325 e. The molecule has 0 aliphatic rings. The Balaban J connectivity index is 1.38. The molecular formula is C34H30N6O3S2. The molecule has 5 rings (SSSR count). The Bertz CT molecular complexity index is 1960. The van der Waals surface area contributed by atoms with Gasteiger partial charge in [-0.3, -0.25) is 4.79 Å². The summed E-state index contributed by atoms with van der Waals surface area (Å²) < 4.78 is 28.2. The highest BCUT2D eigenvalue weighted by molar-refractivity contribution is 8.00. The second kappa shape index (κ2) is 13.7. The molecule has 1 atom stereocenters. The molecule has 9 nitrogen and oxygen atoms in total. The standard InChI is InChI=1S/C34H30N6O3S2/c1-4-31(32(41)38-26-15-17-27(18-16-26)45(42,43)40-34-36-22(2)19-23(3)37-34)44-33-29(21-35)28(24-11-7-5-8-12-24)20-30(39-33)25-13-9-6-10-14-25/h5-20,31H,4H2,1-3H3,(H,38,41)(H,36,37,40). The molecule has 1 amide bonds. The van der Waals surface area contributed by atoms with Gasteiger partial charge in [-0.15, -0.1) is 0 Å². The van der Waals surface area contributed by atoms with Crippen molar-refractivity contribution in [3.05, 3.63) is 114 Å². The zero-order chi connectivity index (χ0) is 32.0. The number of nitriles is 1. The van der Waals surface area contributed by atoms with Crippen LogP contribution >= 0.6 is 11.8 Å². The zero-order valence-electron chi connectivity index (χ0n) is 24.9. The first kappa shape index (κ1) is 31.4. The van der Waals surface area contributed by atoms with Crippen molar-refractivity contribution in [3.8, 4) is 28.5 Å². The van der Waals surface area contributed by atoms with Crippen LogP contribution in [-0.4, -0.2) is 34.5 Å². The molecule has 0 spiro atoms. The molecule has 45 heavy (non-hydrogen) atoms. The molecule has 0 saturated carbocycles. The highest BCUT2D eigenvalue weighted by Gasteiger charge is 2.24. The Hall–Kier alpha value is -5.05. The smallest absolute Gasteiger partial charge is 0.264 e. The van der Waals surface area contributed by atoms with Gasteiger partial charge in [0, 0.05) is 28.2 Å². The summed E-state index contributed by atoms with van der Waals surface area (Å²) in [6.45, 7) is 5.40. The number of amides is 1. The van der Waals surface area contributed by atoms with E-state index in [1.165, 1.54) is 36.0 Å². The van der Waals surface area contributed by atoms with Crippen molar-refractivity contribution in [2.45, 2.75) is 42.4 Å². The molecule has 11 heteroatoms. The van der Waals surface area contributed by atoms with E-state index < -0.39 is 15.3 Å². The zero-order valence-corrected chi connectivity index (χ0v) is 26.5. The molecule has 2 heterocycles. The first-order chi connectivity index (χ1) is 21.7. The van der Waals surface area contributed by atoms with Gasteiger partial charge in [0.15, 0.2) is 0 Å². The quantitative estimate of drug-likeness (QED) is 0.157. The van der Waals surface area contributed by atoms with Crippen LogP contribution in [0.5, 0.6) is 0 Å². The van der Waals surface area contributed by atoms with Gasteiger partial charge in [0.1, 0.15) is 11.1 Å². The Labute approximate surface area is 266 Å². The first-order valence-corrected chi connectivity index (χ1v) is 16.5. The predicted molar refractivity (Wildman–Crippen MR) is 177 cm³/mol. The summed E-state index contributed by atoms with van der Waals surface area (Å²) in [5, 5.41) is 13.0. The summed E-state index contributed by atoms with van der Waals surface area (Å²) in [7, 11) is -3.95. The van der Waals surface area contributed by atoms with E-state index in [1.54, 1.807) is 19.9 Å². The maximum atomic E-state index is 13.5. The number of aromatic nitrogens is 3. The number of benzene rings is 3. The topological polar surface area (TPSA) is 138 Å². The third-order valence-corrected chi connectivity index (χ3v) is 9.50. The first-order valence-electron chi connectivity index (χ1n) is 14.2. The second-order valence-corrected chi connectivity index (χ2v) is 13.1. The summed E-state index contributed by atoms with van der Waals surface area (Å²) in [6, 6.07) is 31.1. The van der Waals surface area contributed by atoms with Crippen molar-refractivity contribution in [1.29, 1.82) is 5.26 Å². The summed E-state index contributed by atoms with van der Waals surface area (Å²) in [6.07, 6.45) is 0.464. The van der Waals surface area contributed by atoms with E-state index in [0.717, 1.165) is 16.7 Å². The third-order valence-electron chi connectivity index (χ3n) is 6.81. The monoisotopic (exact) mass is 634 g/mol. The normalized spacial score (nSPS) is 11.8. The van der Waals surface area contributed by atoms with E-state index in [1.807, 2.05) is 73.7 Å². The number of anilines is 2. The van der Waals surface area contributed by atoms with Gasteiger partial charge in [-0.2, -0.15) is 5.26 Å². The van der Waals surface area contributed by atoms with Crippen LogP contribution in [0.3, 0.4) is 0 Å². The van der Waals surface area contributed by atoms with Crippen molar-refractivity contribution in [2.75, 3.05) is 10.0 Å². The molecule has 3 aromatic carbocycles. The molecule has 226 valence electrons. The fourth-order valence-electron chi connectivity index (χ4n) is 4.67. The molecule has 0 saturated heterocycles. The van der Waals surface area contributed by atoms with Crippen LogP contribution in [0.4, 0.5) is 11.6 Å². The molecular weight excluding hydrogens is 605 g/mol. The van der Waals surface area contributed by atoms with Crippen molar-refractivity contribution >= 4 is 39.3 Å². The van der Waals surface area contributed by atoms with Crippen LogP contribution < -0.4 is 10.0 Å². The average molecular weight is 635 g/mol. The molecule has 5 aromatic rings. The van der Waals surface area contributed by atoms with Gasteiger partial charge < -0.3 is 5.32 Å². The van der Waals surface area contributed by atoms with E-state index in [9.17, 15) is 18.5 Å². The van der Waals surface area contributed by atoms with E-state index in [4.69, 9.17) is 4.98 Å². The van der Waals surface area contributed by atoms with Crippen LogP contribution in [0.25, 0.3) is 22.4 Å². The van der Waals surface area contributed by atoms with Gasteiger partial charge in [-0.1, -0.05) is 79.3 Å². The lowest BCUT2D eigenvalue weighted by atomic mass is 9.99. The maximum absolute atomic E-state index is 13.5. The lowest BCUT2D eigenvalue weighted by molar-refractivity contribution is -0.115. The number of carbonyl (C=O) groups is 1. The van der Waals surface area contributed by atoms with Crippen molar-refractivity contribution < 1.29 is 13.2 Å². The van der Waals surface area contributed by atoms with Gasteiger partial charge in [0.2, 0.25) is 11.9 Å². The van der Waals surface area contributed by atoms with E-state index >= 15 is 0 Å². The van der Waals surface area contributed by atoms with Gasteiger partial charge in [0.05, 0.1) is 21.4 Å². The van der Waals surface area contributed by atoms with Crippen LogP contribution in [-0.2, 0) is 14.8 Å². The number of thioether (sulfide) groups is 1. The van der Waals surface area contributed by atoms with Crippen LogP contribution in [0, 0.1) is 25.2 Å². The van der Waals surface area contributed by atoms with E-state index in [2.05, 4.69) is 26.1 Å². The molecule has 1 unspecified atom stereocenters. The lowest BCUT2D eigenvalue weighted by Gasteiger charge is -2.17. The van der Waals surface area contributed by atoms with Gasteiger partial charge in [0.25, 0.3) is 10.0 Å². The minimum absolute atomic E-state index is 0.00120. The minimum atomic E-state index is -3.95. The Kier molecular flexibility index (Phi) is 9.56. The number of hydrogen-bond donors (Lipinski definition) is 2. The fourth-order valence-corrected chi connectivity index (χ4v) is 6.64. The van der Waals surface area contributed by atoms with Crippen molar-refractivity contribution in [3.63, 3.8) is 0 Å². The number of sulfonamides is 1. The third kappa shape index (κ3) is 7.55. The van der Waals surface area contributed by atoms with Crippen LogP contribution in [0.15, 0.2) is 107 Å². The maximum Gasteiger partial charge on any atom is 0.264 e. The number of aryl methyl sites for hydroxylation is 2.